The van der Waals surface area contributed by atoms with Gasteiger partial charge in [-0.05, 0) is 59.7 Å². The van der Waals surface area contributed by atoms with Crippen molar-refractivity contribution in [3.63, 3.8) is 0 Å². The van der Waals surface area contributed by atoms with Gasteiger partial charge in [0, 0.05) is 16.2 Å². The van der Waals surface area contributed by atoms with Crippen molar-refractivity contribution >= 4 is 40.9 Å². The van der Waals surface area contributed by atoms with Gasteiger partial charge in [-0.2, -0.15) is 0 Å². The molecule has 0 spiro atoms. The van der Waals surface area contributed by atoms with Crippen LogP contribution in [0, 0.1) is 3.57 Å². The summed E-state index contributed by atoms with van der Waals surface area (Å²) >= 11 is 2.27. The predicted octanol–water partition coefficient (Wildman–Crippen LogP) is 2.12. The van der Waals surface area contributed by atoms with Crippen molar-refractivity contribution in [2.75, 3.05) is 13.1 Å². The molecule has 0 saturated carbocycles. The van der Waals surface area contributed by atoms with E-state index in [1.165, 1.54) is 3.57 Å². The number of halogens is 2. The van der Waals surface area contributed by atoms with E-state index >= 15 is 0 Å². The van der Waals surface area contributed by atoms with Crippen molar-refractivity contribution in [3.05, 3.63) is 33.4 Å². The third-order valence-electron chi connectivity index (χ3n) is 2.92. The van der Waals surface area contributed by atoms with Gasteiger partial charge >= 0.3 is 0 Å². The van der Waals surface area contributed by atoms with E-state index in [4.69, 9.17) is 0 Å². The Kier molecular flexibility index (Phi) is 6.96. The van der Waals surface area contributed by atoms with Crippen molar-refractivity contribution in [2.24, 2.45) is 0 Å². The fourth-order valence-electron chi connectivity index (χ4n) is 2.09. The SMILES string of the molecule is Cl.O=C(Cc1cccc(I)c1)N[C@H]1CCCNC1. The van der Waals surface area contributed by atoms with Gasteiger partial charge in [0.15, 0.2) is 0 Å². The van der Waals surface area contributed by atoms with Crippen molar-refractivity contribution in [2.45, 2.75) is 25.3 Å². The monoisotopic (exact) mass is 380 g/mol. The minimum atomic E-state index is 0. The fourth-order valence-corrected chi connectivity index (χ4v) is 2.69. The number of hydrogen-bond acceptors (Lipinski definition) is 2. The van der Waals surface area contributed by atoms with E-state index in [2.05, 4.69) is 39.3 Å². The number of carbonyl (C=O) groups is 1. The van der Waals surface area contributed by atoms with Crippen LogP contribution in [0.1, 0.15) is 18.4 Å². The minimum absolute atomic E-state index is 0. The number of piperidine rings is 1. The molecule has 100 valence electrons. The zero-order valence-electron chi connectivity index (χ0n) is 10.1. The van der Waals surface area contributed by atoms with Gasteiger partial charge in [0.2, 0.25) is 5.91 Å². The lowest BCUT2D eigenvalue weighted by Gasteiger charge is -2.23. The molecule has 1 amide bonds. The molecule has 1 aliphatic rings. The van der Waals surface area contributed by atoms with E-state index in [-0.39, 0.29) is 18.3 Å². The van der Waals surface area contributed by atoms with Crippen LogP contribution >= 0.6 is 35.0 Å². The van der Waals surface area contributed by atoms with Gasteiger partial charge in [-0.25, -0.2) is 0 Å². The quantitative estimate of drug-likeness (QED) is 0.789. The molecule has 1 atom stereocenters. The van der Waals surface area contributed by atoms with E-state index < -0.39 is 0 Å². The van der Waals surface area contributed by atoms with Crippen molar-refractivity contribution in [3.8, 4) is 0 Å². The Morgan fingerprint density at radius 1 is 1.50 bits per heavy atom. The average molecular weight is 381 g/mol. The molecule has 3 nitrogen and oxygen atoms in total. The zero-order valence-corrected chi connectivity index (χ0v) is 13.1. The highest BCUT2D eigenvalue weighted by Gasteiger charge is 2.15. The maximum absolute atomic E-state index is 11.9. The standard InChI is InChI=1S/C13H17IN2O.ClH/c14-11-4-1-3-10(7-11)8-13(17)16-12-5-2-6-15-9-12;/h1,3-4,7,12,15H,2,5-6,8-9H2,(H,16,17);1H/t12-;/m0./s1. The number of benzene rings is 1. The third-order valence-corrected chi connectivity index (χ3v) is 3.59. The molecule has 0 aliphatic carbocycles. The lowest BCUT2D eigenvalue weighted by molar-refractivity contribution is -0.121. The molecule has 2 rings (SSSR count). The van der Waals surface area contributed by atoms with Gasteiger partial charge in [-0.3, -0.25) is 4.79 Å². The molecule has 18 heavy (non-hydrogen) atoms. The van der Waals surface area contributed by atoms with Gasteiger partial charge < -0.3 is 10.6 Å². The summed E-state index contributed by atoms with van der Waals surface area (Å²) in [5, 5.41) is 6.38. The van der Waals surface area contributed by atoms with Crippen LogP contribution in [0.5, 0.6) is 0 Å². The first-order valence-corrected chi connectivity index (χ1v) is 7.06. The molecule has 1 saturated heterocycles. The molecule has 0 radical (unpaired) electrons. The topological polar surface area (TPSA) is 41.1 Å². The molecule has 1 aromatic carbocycles. The predicted molar refractivity (Wildman–Crippen MR) is 84.1 cm³/mol. The molecule has 1 aromatic rings. The van der Waals surface area contributed by atoms with Crippen LogP contribution in [-0.2, 0) is 11.2 Å². The first kappa shape index (κ1) is 15.7. The number of hydrogen-bond donors (Lipinski definition) is 2. The smallest absolute Gasteiger partial charge is 0.224 e. The first-order valence-electron chi connectivity index (χ1n) is 5.98. The molecule has 5 heteroatoms. The lowest BCUT2D eigenvalue weighted by Crippen LogP contribution is -2.46. The summed E-state index contributed by atoms with van der Waals surface area (Å²) in [6.07, 6.45) is 2.71. The van der Waals surface area contributed by atoms with Crippen LogP contribution in [0.4, 0.5) is 0 Å². The Morgan fingerprint density at radius 3 is 3.00 bits per heavy atom. The summed E-state index contributed by atoms with van der Waals surface area (Å²) in [5.41, 5.74) is 1.08. The Balaban J connectivity index is 0.00000162. The Labute approximate surface area is 128 Å². The number of carbonyl (C=O) groups excluding carboxylic acids is 1. The highest BCUT2D eigenvalue weighted by Crippen LogP contribution is 2.09. The Bertz CT molecular complexity index is 394. The van der Waals surface area contributed by atoms with Crippen LogP contribution in [0.25, 0.3) is 0 Å². The molecule has 2 N–H and O–H groups in total. The van der Waals surface area contributed by atoms with Crippen LogP contribution in [-0.4, -0.2) is 25.0 Å². The molecule has 1 heterocycles. The highest BCUT2D eigenvalue weighted by atomic mass is 127. The maximum atomic E-state index is 11.9. The van der Waals surface area contributed by atoms with Gasteiger partial charge in [0.05, 0.1) is 6.42 Å². The van der Waals surface area contributed by atoms with Gasteiger partial charge in [0.25, 0.3) is 0 Å². The summed E-state index contributed by atoms with van der Waals surface area (Å²) in [6, 6.07) is 8.39. The first-order chi connectivity index (χ1) is 8.24. The second kappa shape index (κ2) is 7.96. The van der Waals surface area contributed by atoms with Crippen molar-refractivity contribution in [1.29, 1.82) is 0 Å². The minimum Gasteiger partial charge on any atom is -0.352 e. The van der Waals surface area contributed by atoms with Crippen LogP contribution < -0.4 is 10.6 Å². The zero-order chi connectivity index (χ0) is 12.1. The summed E-state index contributed by atoms with van der Waals surface area (Å²) in [6.45, 7) is 1.97. The van der Waals surface area contributed by atoms with Crippen LogP contribution in [0.15, 0.2) is 24.3 Å². The molecular formula is C13H18ClIN2O. The Hall–Kier alpha value is -0.330. The largest absolute Gasteiger partial charge is 0.352 e. The summed E-state index contributed by atoms with van der Waals surface area (Å²) in [5.74, 6) is 0.126. The van der Waals surface area contributed by atoms with E-state index in [0.717, 1.165) is 31.5 Å². The van der Waals surface area contributed by atoms with Crippen molar-refractivity contribution in [1.82, 2.24) is 10.6 Å². The lowest BCUT2D eigenvalue weighted by atomic mass is 10.1. The molecular weight excluding hydrogens is 363 g/mol. The normalized spacial score (nSPS) is 18.8. The Morgan fingerprint density at radius 2 is 2.33 bits per heavy atom. The summed E-state index contributed by atoms with van der Waals surface area (Å²) in [4.78, 5) is 11.9. The molecule has 1 fully saturated rings. The molecule has 0 aromatic heterocycles. The van der Waals surface area contributed by atoms with E-state index in [9.17, 15) is 4.79 Å². The van der Waals surface area contributed by atoms with Gasteiger partial charge in [-0.15, -0.1) is 12.4 Å². The molecule has 0 unspecified atom stereocenters. The number of amides is 1. The van der Waals surface area contributed by atoms with E-state index in [1.54, 1.807) is 0 Å². The van der Waals surface area contributed by atoms with Crippen LogP contribution in [0.2, 0.25) is 0 Å². The molecule has 1 aliphatic heterocycles. The number of rotatable bonds is 3. The van der Waals surface area contributed by atoms with E-state index in [1.807, 2.05) is 18.2 Å². The highest BCUT2D eigenvalue weighted by molar-refractivity contribution is 14.1. The average Bonchev–Trinajstić information content (AvgIpc) is 2.30. The summed E-state index contributed by atoms with van der Waals surface area (Å²) < 4.78 is 1.17. The maximum Gasteiger partial charge on any atom is 0.224 e. The van der Waals surface area contributed by atoms with Gasteiger partial charge in [-0.1, -0.05) is 12.1 Å². The summed E-state index contributed by atoms with van der Waals surface area (Å²) in [7, 11) is 0. The van der Waals surface area contributed by atoms with Gasteiger partial charge in [0.1, 0.15) is 0 Å². The second-order valence-electron chi connectivity index (χ2n) is 4.42. The van der Waals surface area contributed by atoms with Crippen LogP contribution in [0.3, 0.4) is 0 Å². The third kappa shape index (κ3) is 5.12. The fraction of sp³-hybridized carbons (Fsp3) is 0.462. The van der Waals surface area contributed by atoms with Crippen molar-refractivity contribution < 1.29 is 4.79 Å². The van der Waals surface area contributed by atoms with E-state index in [0.29, 0.717) is 12.5 Å². The number of nitrogens with one attached hydrogen (secondary N) is 2. The second-order valence-corrected chi connectivity index (χ2v) is 5.66. The molecule has 0 bridgehead atoms.